The zero-order chi connectivity index (χ0) is 9.84. The molecule has 1 aromatic carbocycles. The third-order valence-electron chi connectivity index (χ3n) is 1.60. The molecule has 1 rings (SSSR count). The van der Waals surface area contributed by atoms with Crippen molar-refractivity contribution in [3.05, 3.63) is 34.9 Å². The van der Waals surface area contributed by atoms with Crippen LogP contribution in [0, 0.1) is 11.3 Å². The summed E-state index contributed by atoms with van der Waals surface area (Å²) in [5, 5.41) is 17.3. The molecule has 0 saturated carbocycles. The minimum Gasteiger partial charge on any atom is -0.478 e. The molecule has 0 saturated heterocycles. The number of nitrogens with two attached hydrogens (primary N) is 1. The molecule has 13 heavy (non-hydrogen) atoms. The fraction of sp³-hybridized carbons (Fsp3) is 0.111. The number of carbonyl (C=O) groups is 1. The van der Waals surface area contributed by atoms with Gasteiger partial charge in [0.2, 0.25) is 0 Å². The summed E-state index contributed by atoms with van der Waals surface area (Å²) in [6.07, 6.45) is 0. The van der Waals surface area contributed by atoms with Crippen LogP contribution in [-0.4, -0.2) is 11.1 Å². The minimum atomic E-state index is -1.05. The van der Waals surface area contributed by atoms with Gasteiger partial charge in [0, 0.05) is 6.54 Å². The molecule has 0 fully saturated rings. The van der Waals surface area contributed by atoms with Crippen molar-refractivity contribution in [2.75, 3.05) is 0 Å². The van der Waals surface area contributed by atoms with E-state index in [4.69, 9.17) is 16.1 Å². The van der Waals surface area contributed by atoms with Crippen molar-refractivity contribution in [3.63, 3.8) is 0 Å². The summed E-state index contributed by atoms with van der Waals surface area (Å²) in [7, 11) is 0. The van der Waals surface area contributed by atoms with Gasteiger partial charge in [-0.15, -0.1) is 0 Å². The van der Waals surface area contributed by atoms with Crippen LogP contribution in [0.3, 0.4) is 0 Å². The smallest absolute Gasteiger partial charge is 0.335 e. The Bertz CT molecular complexity index is 380. The van der Waals surface area contributed by atoms with E-state index in [1.807, 2.05) is 6.07 Å². The molecule has 3 N–H and O–H groups in total. The molecule has 0 amide bonds. The van der Waals surface area contributed by atoms with Gasteiger partial charge < -0.3 is 10.8 Å². The van der Waals surface area contributed by atoms with E-state index in [9.17, 15) is 4.79 Å². The summed E-state index contributed by atoms with van der Waals surface area (Å²) < 4.78 is 0. The van der Waals surface area contributed by atoms with E-state index >= 15 is 0 Å². The second-order valence-electron chi connectivity index (χ2n) is 2.54. The summed E-state index contributed by atoms with van der Waals surface area (Å²) in [5.74, 6) is -1.05. The number of carboxylic acids is 1. The van der Waals surface area contributed by atoms with Crippen molar-refractivity contribution in [2.24, 2.45) is 5.73 Å². The highest BCUT2D eigenvalue weighted by Gasteiger charge is 2.05. The predicted molar refractivity (Wildman–Crippen MR) is 46.0 cm³/mol. The second kappa shape index (κ2) is 3.70. The van der Waals surface area contributed by atoms with E-state index in [2.05, 4.69) is 0 Å². The minimum absolute atomic E-state index is 0.0968. The van der Waals surface area contributed by atoms with Gasteiger partial charge in [-0.1, -0.05) is 0 Å². The third kappa shape index (κ3) is 2.04. The summed E-state index contributed by atoms with van der Waals surface area (Å²) in [4.78, 5) is 10.6. The molecule has 0 aliphatic heterocycles. The summed E-state index contributed by atoms with van der Waals surface area (Å²) >= 11 is 0. The Morgan fingerprint density at radius 3 is 2.69 bits per heavy atom. The van der Waals surface area contributed by atoms with E-state index in [1.54, 1.807) is 6.07 Å². The Morgan fingerprint density at radius 2 is 2.23 bits per heavy atom. The van der Waals surface area contributed by atoms with Gasteiger partial charge in [-0.3, -0.25) is 0 Å². The maximum atomic E-state index is 10.6. The largest absolute Gasteiger partial charge is 0.478 e. The predicted octanol–water partition coefficient (Wildman–Crippen LogP) is 0.715. The van der Waals surface area contributed by atoms with Gasteiger partial charge in [0.15, 0.2) is 0 Å². The van der Waals surface area contributed by atoms with Crippen molar-refractivity contribution in [2.45, 2.75) is 6.54 Å². The van der Waals surface area contributed by atoms with Crippen LogP contribution in [0.4, 0.5) is 0 Å². The van der Waals surface area contributed by atoms with Crippen LogP contribution in [0.2, 0.25) is 0 Å². The summed E-state index contributed by atoms with van der Waals surface area (Å²) in [5.41, 5.74) is 6.41. The highest BCUT2D eigenvalue weighted by Crippen LogP contribution is 2.09. The molecule has 0 radical (unpaired) electrons. The summed E-state index contributed by atoms with van der Waals surface area (Å²) in [6, 6.07) is 6.24. The van der Waals surface area contributed by atoms with Crippen molar-refractivity contribution in [1.29, 1.82) is 5.26 Å². The van der Waals surface area contributed by atoms with Gasteiger partial charge in [0.1, 0.15) is 0 Å². The van der Waals surface area contributed by atoms with Gasteiger partial charge in [-0.25, -0.2) is 4.79 Å². The zero-order valence-corrected chi connectivity index (χ0v) is 6.82. The van der Waals surface area contributed by atoms with E-state index in [0.29, 0.717) is 11.1 Å². The third-order valence-corrected chi connectivity index (χ3v) is 1.60. The Kier molecular flexibility index (Phi) is 2.62. The van der Waals surface area contributed by atoms with Crippen molar-refractivity contribution in [3.8, 4) is 6.07 Å². The average molecular weight is 176 g/mol. The Morgan fingerprint density at radius 1 is 1.54 bits per heavy atom. The molecule has 0 heterocycles. The van der Waals surface area contributed by atoms with E-state index < -0.39 is 5.97 Å². The summed E-state index contributed by atoms with van der Waals surface area (Å²) in [6.45, 7) is 0.232. The molecule has 0 aliphatic rings. The number of nitrogens with zero attached hydrogens (tertiary/aromatic N) is 1. The zero-order valence-electron chi connectivity index (χ0n) is 6.82. The fourth-order valence-electron chi connectivity index (χ4n) is 0.998. The molecule has 4 heteroatoms. The number of benzene rings is 1. The van der Waals surface area contributed by atoms with Crippen LogP contribution in [0.15, 0.2) is 18.2 Å². The molecular formula is C9H8N2O2. The number of hydrogen-bond donors (Lipinski definition) is 2. The normalized spacial score (nSPS) is 9.23. The standard InChI is InChI=1S/C9H8N2O2/c10-4-6-1-7(5-11)3-8(2-6)9(12)13/h1-3H,4,10H2,(H,12,13). The lowest BCUT2D eigenvalue weighted by Crippen LogP contribution is -2.02. The lowest BCUT2D eigenvalue weighted by Gasteiger charge is -2.00. The topological polar surface area (TPSA) is 87.1 Å². The lowest BCUT2D eigenvalue weighted by molar-refractivity contribution is 0.0696. The molecule has 66 valence electrons. The first-order valence-corrected chi connectivity index (χ1v) is 3.65. The molecule has 0 aromatic heterocycles. The first-order chi connectivity index (χ1) is 6.17. The Balaban J connectivity index is 3.24. The van der Waals surface area contributed by atoms with Crippen molar-refractivity contribution >= 4 is 5.97 Å². The number of aromatic carboxylic acids is 1. The molecule has 4 nitrogen and oxygen atoms in total. The van der Waals surface area contributed by atoms with Crippen LogP contribution in [-0.2, 0) is 6.54 Å². The monoisotopic (exact) mass is 176 g/mol. The SMILES string of the molecule is N#Cc1cc(CN)cc(C(=O)O)c1. The van der Waals surface area contributed by atoms with Gasteiger partial charge in [0.05, 0.1) is 17.2 Å². The number of rotatable bonds is 2. The molecule has 0 bridgehead atoms. The van der Waals surface area contributed by atoms with E-state index in [0.717, 1.165) is 0 Å². The van der Waals surface area contributed by atoms with Crippen LogP contribution in [0.1, 0.15) is 21.5 Å². The maximum Gasteiger partial charge on any atom is 0.335 e. The second-order valence-corrected chi connectivity index (χ2v) is 2.54. The van der Waals surface area contributed by atoms with E-state index in [-0.39, 0.29) is 12.1 Å². The van der Waals surface area contributed by atoms with E-state index in [1.165, 1.54) is 12.1 Å². The van der Waals surface area contributed by atoms with Gasteiger partial charge in [-0.05, 0) is 23.8 Å². The fourth-order valence-corrected chi connectivity index (χ4v) is 0.998. The van der Waals surface area contributed by atoms with Crippen molar-refractivity contribution < 1.29 is 9.90 Å². The van der Waals surface area contributed by atoms with Crippen LogP contribution < -0.4 is 5.73 Å². The van der Waals surface area contributed by atoms with Gasteiger partial charge in [0.25, 0.3) is 0 Å². The molecule has 0 aliphatic carbocycles. The highest BCUT2D eigenvalue weighted by molar-refractivity contribution is 5.88. The van der Waals surface area contributed by atoms with Gasteiger partial charge >= 0.3 is 5.97 Å². The van der Waals surface area contributed by atoms with Crippen molar-refractivity contribution in [1.82, 2.24) is 0 Å². The first kappa shape index (κ1) is 9.23. The number of carboxylic acid groups (broad SMARTS) is 1. The molecule has 0 spiro atoms. The molecule has 0 atom stereocenters. The average Bonchev–Trinajstić information content (AvgIpc) is 2.16. The highest BCUT2D eigenvalue weighted by atomic mass is 16.4. The van der Waals surface area contributed by atoms with Gasteiger partial charge in [-0.2, -0.15) is 5.26 Å². The first-order valence-electron chi connectivity index (χ1n) is 3.65. The maximum absolute atomic E-state index is 10.6. The Labute approximate surface area is 75.2 Å². The van der Waals surface area contributed by atoms with Crippen LogP contribution >= 0.6 is 0 Å². The lowest BCUT2D eigenvalue weighted by atomic mass is 10.1. The number of nitriles is 1. The Hall–Kier alpha value is -1.86. The van der Waals surface area contributed by atoms with Crippen LogP contribution in [0.25, 0.3) is 0 Å². The molecular weight excluding hydrogens is 168 g/mol. The quantitative estimate of drug-likeness (QED) is 0.694. The number of hydrogen-bond acceptors (Lipinski definition) is 3. The molecule has 0 unspecified atom stereocenters. The molecule has 1 aromatic rings. The van der Waals surface area contributed by atoms with Crippen LogP contribution in [0.5, 0.6) is 0 Å².